The number of hydrogen-bond donors (Lipinski definition) is 3. The highest BCUT2D eigenvalue weighted by Crippen LogP contribution is 2.21. The summed E-state index contributed by atoms with van der Waals surface area (Å²) in [5.41, 5.74) is 10.6. The fourth-order valence-corrected chi connectivity index (χ4v) is 2.14. The molecule has 184 valence electrons. The monoisotopic (exact) mass is 440 g/mol. The first kappa shape index (κ1) is 36.3. The van der Waals surface area contributed by atoms with Crippen molar-refractivity contribution >= 4 is 11.8 Å². The lowest BCUT2D eigenvalue weighted by Crippen LogP contribution is -2.43. The van der Waals surface area contributed by atoms with Crippen molar-refractivity contribution in [2.24, 2.45) is 16.9 Å². The van der Waals surface area contributed by atoms with Crippen LogP contribution in [0, 0.1) is 5.41 Å². The topological polar surface area (TPSA) is 143 Å². The van der Waals surface area contributed by atoms with Crippen LogP contribution < -0.4 is 11.5 Å². The first-order valence-electron chi connectivity index (χ1n) is 9.29. The minimum atomic E-state index is -0.925. The van der Waals surface area contributed by atoms with Gasteiger partial charge in [-0.25, -0.2) is 0 Å². The number of ketones is 1. The number of Topliss-reactive ketones (excluding diaryl/α,β-unsaturated/α-hetero) is 1. The predicted octanol–water partition coefficient (Wildman–Crippen LogP) is 2.10. The molecule has 0 fully saturated rings. The molecule has 2 unspecified atom stereocenters. The van der Waals surface area contributed by atoms with Gasteiger partial charge in [-0.3, -0.25) is 9.59 Å². The summed E-state index contributed by atoms with van der Waals surface area (Å²) < 4.78 is 22.6. The van der Waals surface area contributed by atoms with Crippen LogP contribution in [0.1, 0.15) is 55.4 Å². The third-order valence-electron chi connectivity index (χ3n) is 3.57. The van der Waals surface area contributed by atoms with Crippen molar-refractivity contribution in [1.82, 2.24) is 0 Å². The lowest BCUT2D eigenvalue weighted by molar-refractivity contribution is -0.140. The zero-order valence-electron chi connectivity index (χ0n) is 16.6. The molecular formula is C21H48N2O7. The molecule has 5 N–H and O–H groups in total. The van der Waals surface area contributed by atoms with Crippen molar-refractivity contribution in [3.63, 3.8) is 0 Å². The lowest BCUT2D eigenvalue weighted by Gasteiger charge is -2.33. The van der Waals surface area contributed by atoms with Gasteiger partial charge in [0, 0.05) is 19.1 Å². The number of carboxylic acids is 1. The van der Waals surface area contributed by atoms with Gasteiger partial charge in [0.05, 0.1) is 58.1 Å². The number of carbonyl (C=O) groups excluding carboxylic acids is 1. The van der Waals surface area contributed by atoms with Crippen LogP contribution in [-0.2, 0) is 28.5 Å². The summed E-state index contributed by atoms with van der Waals surface area (Å²) in [5, 5.41) is 8.76. The summed E-state index contributed by atoms with van der Waals surface area (Å²) in [6.45, 7) is 6.17. The van der Waals surface area contributed by atoms with E-state index in [9.17, 15) is 9.59 Å². The molecule has 0 spiro atoms. The Kier molecular flexibility index (Phi) is 27.3. The minimum Gasteiger partial charge on any atom is -0.481 e. The van der Waals surface area contributed by atoms with Crippen LogP contribution in [-0.4, -0.2) is 82.3 Å². The number of ether oxygens (including phenoxy) is 4. The van der Waals surface area contributed by atoms with Crippen LogP contribution in [0.3, 0.4) is 0 Å². The third kappa shape index (κ3) is 21.6. The normalized spacial score (nSPS) is 13.2. The molecule has 9 nitrogen and oxygen atoms in total. The van der Waals surface area contributed by atoms with E-state index in [0.29, 0.717) is 39.4 Å². The van der Waals surface area contributed by atoms with Gasteiger partial charge in [0.1, 0.15) is 5.78 Å². The molecule has 9 heteroatoms. The molecule has 0 saturated heterocycles. The Bertz CT molecular complexity index is 385. The lowest BCUT2D eigenvalue weighted by atomic mass is 9.92. The van der Waals surface area contributed by atoms with Gasteiger partial charge in [0.25, 0.3) is 0 Å². The Balaban J connectivity index is -0.00000113. The van der Waals surface area contributed by atoms with E-state index in [1.54, 1.807) is 0 Å². The van der Waals surface area contributed by atoms with E-state index in [4.69, 9.17) is 35.5 Å². The van der Waals surface area contributed by atoms with Gasteiger partial charge in [-0.15, -0.1) is 0 Å². The summed E-state index contributed by atoms with van der Waals surface area (Å²) in [5.74, 6) is -0.878. The quantitative estimate of drug-likeness (QED) is 0.257. The second-order valence-corrected chi connectivity index (χ2v) is 6.89. The fourth-order valence-electron chi connectivity index (χ4n) is 2.14. The number of carbonyl (C=O) groups is 2. The molecule has 0 amide bonds. The molecule has 0 aromatic heterocycles. The first-order valence-corrected chi connectivity index (χ1v) is 9.29. The molecular weight excluding hydrogens is 392 g/mol. The van der Waals surface area contributed by atoms with Gasteiger partial charge < -0.3 is 35.5 Å². The second kappa shape index (κ2) is 22.6. The highest BCUT2D eigenvalue weighted by molar-refractivity contribution is 5.75. The van der Waals surface area contributed by atoms with Gasteiger partial charge in [0.15, 0.2) is 0 Å². The van der Waals surface area contributed by atoms with Crippen LogP contribution in [0.2, 0.25) is 0 Å². The van der Waals surface area contributed by atoms with Crippen LogP contribution in [0.5, 0.6) is 0 Å². The third-order valence-corrected chi connectivity index (χ3v) is 3.57. The highest BCUT2D eigenvalue weighted by Gasteiger charge is 2.32. The van der Waals surface area contributed by atoms with Gasteiger partial charge in [0.2, 0.25) is 0 Å². The maximum absolute atomic E-state index is 11.1. The van der Waals surface area contributed by atoms with Crippen molar-refractivity contribution in [2.45, 2.75) is 61.4 Å². The molecule has 0 aliphatic rings. The Labute approximate surface area is 183 Å². The summed E-state index contributed by atoms with van der Waals surface area (Å²) in [7, 11) is 0. The van der Waals surface area contributed by atoms with Crippen molar-refractivity contribution in [2.75, 3.05) is 59.4 Å². The average molecular weight is 441 g/mol. The fraction of sp³-hybridized carbons (Fsp3) is 0.905. The smallest absolute Gasteiger partial charge is 0.305 e. The molecule has 0 bridgehead atoms. The summed E-state index contributed by atoms with van der Waals surface area (Å²) in [6, 6.07) is -0.118. The van der Waals surface area contributed by atoms with Crippen LogP contribution in [0.15, 0.2) is 0 Å². The Morgan fingerprint density at radius 2 is 1.37 bits per heavy atom. The number of aliphatic carboxylic acids is 1. The molecule has 0 aliphatic heterocycles. The summed E-state index contributed by atoms with van der Waals surface area (Å²) in [4.78, 5) is 21.8. The molecule has 0 saturated carbocycles. The number of nitrogens with two attached hydrogens (primary N) is 2. The summed E-state index contributed by atoms with van der Waals surface area (Å²) >= 11 is 0. The zero-order chi connectivity index (χ0) is 20.5. The largest absolute Gasteiger partial charge is 0.481 e. The van der Waals surface area contributed by atoms with E-state index in [1.807, 2.05) is 6.92 Å². The maximum Gasteiger partial charge on any atom is 0.305 e. The van der Waals surface area contributed by atoms with E-state index >= 15 is 0 Å². The standard InChI is InChI=1S/C18H36N2O7.3CH4/c1-15(20)10-27-14-18(11-24-7-3-6-19,12-25-8-4-16(2)21)13-26-9-5-17(22)23;;;/h15H,3-14,19-20H2,1-2H3,(H,22,23);3*1H4. The van der Waals surface area contributed by atoms with Gasteiger partial charge >= 0.3 is 5.97 Å². The Morgan fingerprint density at radius 3 is 1.80 bits per heavy atom. The second-order valence-electron chi connectivity index (χ2n) is 6.89. The van der Waals surface area contributed by atoms with Gasteiger partial charge in [-0.05, 0) is 26.8 Å². The Hall–Kier alpha value is -1.10. The molecule has 2 atom stereocenters. The first-order chi connectivity index (χ1) is 12.8. The molecule has 0 radical (unpaired) electrons. The van der Waals surface area contributed by atoms with Crippen LogP contribution in [0.25, 0.3) is 0 Å². The van der Waals surface area contributed by atoms with Crippen LogP contribution in [0.4, 0.5) is 0 Å². The molecule has 0 heterocycles. The van der Waals surface area contributed by atoms with Crippen molar-refractivity contribution in [3.05, 3.63) is 0 Å². The van der Waals surface area contributed by atoms with E-state index in [2.05, 4.69) is 0 Å². The molecule has 0 aromatic carbocycles. The zero-order valence-corrected chi connectivity index (χ0v) is 16.6. The predicted molar refractivity (Wildman–Crippen MR) is 121 cm³/mol. The number of hydrogen-bond acceptors (Lipinski definition) is 8. The SMILES string of the molecule is C.C.C.CC(=O)CCOCC(COCCCN)(COCCC(=O)O)COCC(C)N. The molecule has 30 heavy (non-hydrogen) atoms. The summed E-state index contributed by atoms with van der Waals surface area (Å²) in [6.07, 6.45) is 0.961. The van der Waals surface area contributed by atoms with E-state index < -0.39 is 11.4 Å². The van der Waals surface area contributed by atoms with Gasteiger partial charge in [-0.1, -0.05) is 22.3 Å². The Morgan fingerprint density at radius 1 is 0.900 bits per heavy atom. The van der Waals surface area contributed by atoms with Crippen LogP contribution >= 0.6 is 0 Å². The van der Waals surface area contributed by atoms with Crippen molar-refractivity contribution in [3.8, 4) is 0 Å². The maximum atomic E-state index is 11.1. The van der Waals surface area contributed by atoms with E-state index in [0.717, 1.165) is 6.42 Å². The number of rotatable bonds is 19. The van der Waals surface area contributed by atoms with Gasteiger partial charge in [-0.2, -0.15) is 0 Å². The van der Waals surface area contributed by atoms with Crippen molar-refractivity contribution < 1.29 is 33.6 Å². The minimum absolute atomic E-state index is 0. The number of carboxylic acid groups (broad SMARTS) is 1. The average Bonchev–Trinajstić information content (AvgIpc) is 2.59. The molecule has 0 aliphatic carbocycles. The molecule has 0 rings (SSSR count). The highest BCUT2D eigenvalue weighted by atomic mass is 16.5. The van der Waals surface area contributed by atoms with E-state index in [-0.39, 0.29) is 67.0 Å². The molecule has 0 aromatic rings. The van der Waals surface area contributed by atoms with Crippen molar-refractivity contribution in [1.29, 1.82) is 0 Å². The van der Waals surface area contributed by atoms with E-state index in [1.165, 1.54) is 6.92 Å².